The van der Waals surface area contributed by atoms with Gasteiger partial charge in [0.2, 0.25) is 5.91 Å². The van der Waals surface area contributed by atoms with Gasteiger partial charge in [0.1, 0.15) is 0 Å². The van der Waals surface area contributed by atoms with Gasteiger partial charge in [-0.25, -0.2) is 9.97 Å². The molecule has 2 aromatic heterocycles. The number of aryl methyl sites for hydroxylation is 2. The lowest BCUT2D eigenvalue weighted by Crippen LogP contribution is -2.15. The minimum absolute atomic E-state index is 0.183. The largest absolute Gasteiger partial charge is 0.309 e. The Hall–Kier alpha value is -2.02. The Balaban J connectivity index is 1.69. The van der Waals surface area contributed by atoms with Crippen molar-refractivity contribution in [1.82, 2.24) is 14.5 Å². The molecular formula is C18H16Cl2N4OS. The van der Waals surface area contributed by atoms with Crippen LogP contribution in [-0.2, 0) is 4.79 Å². The zero-order chi connectivity index (χ0) is 18.7. The molecule has 2 heterocycles. The number of amides is 1. The number of nitrogens with zero attached hydrogens (tertiary/aromatic N) is 3. The van der Waals surface area contributed by atoms with Crippen LogP contribution in [0.2, 0.25) is 10.0 Å². The van der Waals surface area contributed by atoms with Gasteiger partial charge >= 0.3 is 0 Å². The summed E-state index contributed by atoms with van der Waals surface area (Å²) in [5, 5.41) is 4.13. The second-order valence-corrected chi connectivity index (χ2v) is 7.48. The number of rotatable bonds is 5. The van der Waals surface area contributed by atoms with Crippen LogP contribution in [-0.4, -0.2) is 26.2 Å². The van der Waals surface area contributed by atoms with E-state index in [1.54, 1.807) is 6.20 Å². The van der Waals surface area contributed by atoms with Crippen molar-refractivity contribution in [3.8, 4) is 5.69 Å². The number of hydrogen-bond donors (Lipinski definition) is 1. The molecule has 0 aliphatic rings. The fraction of sp³-hybridized carbons (Fsp3) is 0.167. The highest BCUT2D eigenvalue weighted by Crippen LogP contribution is 2.25. The summed E-state index contributed by atoms with van der Waals surface area (Å²) in [6, 6.07) is 7.75. The van der Waals surface area contributed by atoms with Gasteiger partial charge in [-0.2, -0.15) is 0 Å². The molecule has 0 atom stereocenters. The first-order valence-electron chi connectivity index (χ1n) is 7.78. The van der Waals surface area contributed by atoms with Crippen molar-refractivity contribution in [2.75, 3.05) is 11.1 Å². The van der Waals surface area contributed by atoms with Crippen molar-refractivity contribution in [1.29, 1.82) is 0 Å². The van der Waals surface area contributed by atoms with Crippen molar-refractivity contribution in [3.05, 3.63) is 64.0 Å². The summed E-state index contributed by atoms with van der Waals surface area (Å²) in [6.07, 6.45) is 5.04. The number of thioether (sulfide) groups is 1. The summed E-state index contributed by atoms with van der Waals surface area (Å²) in [5.41, 5.74) is 3.39. The number of anilines is 1. The van der Waals surface area contributed by atoms with Gasteiger partial charge < -0.3 is 5.32 Å². The number of hydrogen-bond acceptors (Lipinski definition) is 4. The third-order valence-electron chi connectivity index (χ3n) is 3.62. The first kappa shape index (κ1) is 18.8. The molecular weight excluding hydrogens is 391 g/mol. The lowest BCUT2D eigenvalue weighted by Gasteiger charge is -2.11. The van der Waals surface area contributed by atoms with Gasteiger partial charge in [-0.15, -0.1) is 0 Å². The molecule has 0 spiro atoms. The monoisotopic (exact) mass is 406 g/mol. The van der Waals surface area contributed by atoms with Crippen molar-refractivity contribution in [3.63, 3.8) is 0 Å². The first-order chi connectivity index (χ1) is 12.4. The second kappa shape index (κ2) is 8.12. The number of halogens is 2. The van der Waals surface area contributed by atoms with Crippen LogP contribution in [0.15, 0.2) is 48.0 Å². The fourth-order valence-corrected chi connectivity index (χ4v) is 3.65. The highest BCUT2D eigenvalue weighted by atomic mass is 35.5. The number of imidazole rings is 1. The maximum absolute atomic E-state index is 12.2. The Bertz CT molecular complexity index is 958. The summed E-state index contributed by atoms with van der Waals surface area (Å²) in [5.74, 6) is 0.254. The number of nitrogens with one attached hydrogen (secondary N) is 1. The predicted octanol–water partition coefficient (Wildman–Crippen LogP) is 4.92. The number of pyridine rings is 1. The van der Waals surface area contributed by atoms with Crippen LogP contribution in [0.5, 0.6) is 0 Å². The molecule has 0 saturated heterocycles. The van der Waals surface area contributed by atoms with Crippen LogP contribution in [0.25, 0.3) is 5.69 Å². The summed E-state index contributed by atoms with van der Waals surface area (Å²) >= 11 is 13.2. The minimum Gasteiger partial charge on any atom is -0.309 e. The second-order valence-electron chi connectivity index (χ2n) is 5.69. The smallest absolute Gasteiger partial charge is 0.236 e. The Morgan fingerprint density at radius 1 is 1.23 bits per heavy atom. The van der Waals surface area contributed by atoms with Gasteiger partial charge in [-0.05, 0) is 31.5 Å². The molecule has 0 saturated carbocycles. The Morgan fingerprint density at radius 2 is 2.04 bits per heavy atom. The third kappa shape index (κ3) is 4.38. The van der Waals surface area contributed by atoms with E-state index >= 15 is 0 Å². The van der Waals surface area contributed by atoms with Crippen molar-refractivity contribution in [2.45, 2.75) is 19.0 Å². The SMILES string of the molecule is Cc1ccc(-n2ccnc2SCC(=O)Nc2ncc(Cl)cc2Cl)c(C)c1. The molecule has 3 aromatic rings. The lowest BCUT2D eigenvalue weighted by atomic mass is 10.1. The van der Waals surface area contributed by atoms with Gasteiger partial charge in [0.25, 0.3) is 0 Å². The molecule has 26 heavy (non-hydrogen) atoms. The molecule has 0 aliphatic heterocycles. The molecule has 1 N–H and O–H groups in total. The zero-order valence-corrected chi connectivity index (χ0v) is 16.5. The van der Waals surface area contributed by atoms with Crippen LogP contribution < -0.4 is 5.32 Å². The average molecular weight is 407 g/mol. The van der Waals surface area contributed by atoms with Crippen LogP contribution in [0.3, 0.4) is 0 Å². The zero-order valence-electron chi connectivity index (χ0n) is 14.2. The molecule has 3 rings (SSSR count). The van der Waals surface area contributed by atoms with Gasteiger partial charge in [-0.1, -0.05) is 52.7 Å². The Labute approximate surface area is 165 Å². The maximum atomic E-state index is 12.2. The van der Waals surface area contributed by atoms with E-state index in [9.17, 15) is 4.79 Å². The van der Waals surface area contributed by atoms with E-state index in [0.717, 1.165) is 16.4 Å². The van der Waals surface area contributed by atoms with Gasteiger partial charge in [0.05, 0.1) is 21.5 Å². The van der Waals surface area contributed by atoms with Crippen molar-refractivity contribution >= 4 is 46.7 Å². The predicted molar refractivity (Wildman–Crippen MR) is 107 cm³/mol. The van der Waals surface area contributed by atoms with Crippen LogP contribution in [0.4, 0.5) is 5.82 Å². The minimum atomic E-state index is -0.220. The van der Waals surface area contributed by atoms with Crippen molar-refractivity contribution in [2.24, 2.45) is 0 Å². The highest BCUT2D eigenvalue weighted by molar-refractivity contribution is 7.99. The maximum Gasteiger partial charge on any atom is 0.236 e. The summed E-state index contributed by atoms with van der Waals surface area (Å²) in [4.78, 5) is 20.6. The number of carbonyl (C=O) groups is 1. The summed E-state index contributed by atoms with van der Waals surface area (Å²) in [6.45, 7) is 4.11. The van der Waals surface area contributed by atoms with Gasteiger partial charge in [0, 0.05) is 18.6 Å². The van der Waals surface area contributed by atoms with E-state index in [1.165, 1.54) is 29.6 Å². The van der Waals surface area contributed by atoms with Crippen LogP contribution in [0.1, 0.15) is 11.1 Å². The van der Waals surface area contributed by atoms with Crippen LogP contribution in [0, 0.1) is 13.8 Å². The fourth-order valence-electron chi connectivity index (χ4n) is 2.46. The van der Waals surface area contributed by atoms with E-state index in [1.807, 2.05) is 16.8 Å². The van der Waals surface area contributed by atoms with Gasteiger partial charge in [0.15, 0.2) is 11.0 Å². The van der Waals surface area contributed by atoms with E-state index in [0.29, 0.717) is 15.9 Å². The Kier molecular flexibility index (Phi) is 5.86. The summed E-state index contributed by atoms with van der Waals surface area (Å²) in [7, 11) is 0. The molecule has 5 nitrogen and oxygen atoms in total. The standard InChI is InChI=1S/C18H16Cl2N4OS/c1-11-3-4-15(12(2)7-11)24-6-5-21-18(24)26-10-16(25)23-17-14(20)8-13(19)9-22-17/h3-9H,10H2,1-2H3,(H,22,23,25). The van der Waals surface area contributed by atoms with Crippen LogP contribution >= 0.6 is 35.0 Å². The summed E-state index contributed by atoms with van der Waals surface area (Å²) < 4.78 is 1.97. The molecule has 134 valence electrons. The lowest BCUT2D eigenvalue weighted by molar-refractivity contribution is -0.113. The molecule has 0 unspecified atom stereocenters. The molecule has 0 aliphatic carbocycles. The quantitative estimate of drug-likeness (QED) is 0.610. The van der Waals surface area contributed by atoms with E-state index in [4.69, 9.17) is 23.2 Å². The average Bonchev–Trinajstić information content (AvgIpc) is 3.04. The Morgan fingerprint density at radius 3 is 2.77 bits per heavy atom. The van der Waals surface area contributed by atoms with E-state index in [-0.39, 0.29) is 11.7 Å². The molecule has 1 amide bonds. The number of aromatic nitrogens is 3. The molecule has 0 bridgehead atoms. The van der Waals surface area contributed by atoms with Gasteiger partial charge in [-0.3, -0.25) is 9.36 Å². The number of carbonyl (C=O) groups excluding carboxylic acids is 1. The molecule has 0 fully saturated rings. The molecule has 8 heteroatoms. The molecule has 0 radical (unpaired) electrons. The number of benzene rings is 1. The van der Waals surface area contributed by atoms with Crippen molar-refractivity contribution < 1.29 is 4.79 Å². The molecule has 1 aromatic carbocycles. The van der Waals surface area contributed by atoms with E-state index in [2.05, 4.69) is 41.3 Å². The van der Waals surface area contributed by atoms with E-state index < -0.39 is 0 Å². The third-order valence-corrected chi connectivity index (χ3v) is 5.08. The first-order valence-corrected chi connectivity index (χ1v) is 9.53. The highest BCUT2D eigenvalue weighted by Gasteiger charge is 2.12. The topological polar surface area (TPSA) is 59.8 Å². The normalized spacial score (nSPS) is 10.8.